The fourth-order valence-corrected chi connectivity index (χ4v) is 5.54. The van der Waals surface area contributed by atoms with E-state index >= 15 is 0 Å². The van der Waals surface area contributed by atoms with E-state index in [0.717, 1.165) is 4.31 Å². The van der Waals surface area contributed by atoms with Gasteiger partial charge in [0, 0.05) is 18.1 Å². The molecule has 0 heterocycles. The number of nitrogens with one attached hydrogen (secondary N) is 1. The maximum Gasteiger partial charge on any atom is 0.247 e. The van der Waals surface area contributed by atoms with Crippen LogP contribution in [0.4, 0.5) is 0 Å². The minimum absolute atomic E-state index is 0.0526. The van der Waals surface area contributed by atoms with Gasteiger partial charge in [-0.2, -0.15) is 4.31 Å². The standard InChI is InChI=1S/C23H24ClN3O6S2/c1-33-21-12-9-19(24)13-22(21)35(31,32)27(15-18-5-3-2-4-6-18)16-23(28)26-14-17-7-10-20(11-8-17)34(25,29)30/h2-13H,14-16H2,1H3,(H,26,28)(H2,25,29,30). The Balaban J connectivity index is 1.82. The number of primary sulfonamides is 1. The second-order valence-corrected chi connectivity index (χ2v) is 11.4. The number of hydrogen-bond acceptors (Lipinski definition) is 6. The smallest absolute Gasteiger partial charge is 0.247 e. The first kappa shape index (κ1) is 26.6. The summed E-state index contributed by atoms with van der Waals surface area (Å²) in [6.07, 6.45) is 0. The van der Waals surface area contributed by atoms with Crippen molar-refractivity contribution in [3.8, 4) is 5.75 Å². The van der Waals surface area contributed by atoms with Gasteiger partial charge in [-0.1, -0.05) is 54.1 Å². The Morgan fingerprint density at radius 2 is 1.63 bits per heavy atom. The first-order chi connectivity index (χ1) is 16.5. The molecule has 35 heavy (non-hydrogen) atoms. The van der Waals surface area contributed by atoms with E-state index in [1.165, 1.54) is 49.6 Å². The molecule has 3 N–H and O–H groups in total. The molecule has 0 unspecified atom stereocenters. The molecule has 0 aliphatic carbocycles. The number of methoxy groups -OCH3 is 1. The molecule has 0 saturated carbocycles. The monoisotopic (exact) mass is 537 g/mol. The number of nitrogens with zero attached hydrogens (tertiary/aromatic N) is 1. The van der Waals surface area contributed by atoms with Crippen LogP contribution in [0.5, 0.6) is 5.75 Å². The predicted octanol–water partition coefficient (Wildman–Crippen LogP) is 2.50. The number of rotatable bonds is 10. The summed E-state index contributed by atoms with van der Waals surface area (Å²) in [6, 6.07) is 18.8. The van der Waals surface area contributed by atoms with Crippen molar-refractivity contribution in [3.63, 3.8) is 0 Å². The van der Waals surface area contributed by atoms with E-state index < -0.39 is 32.5 Å². The van der Waals surface area contributed by atoms with Crippen molar-refractivity contribution in [1.82, 2.24) is 9.62 Å². The third kappa shape index (κ3) is 7.03. The van der Waals surface area contributed by atoms with Crippen LogP contribution in [0.15, 0.2) is 82.6 Å². The first-order valence-electron chi connectivity index (χ1n) is 10.3. The lowest BCUT2D eigenvalue weighted by atomic mass is 10.2. The molecule has 0 atom stereocenters. The van der Waals surface area contributed by atoms with Gasteiger partial charge in [-0.15, -0.1) is 0 Å². The van der Waals surface area contributed by atoms with Gasteiger partial charge in [0.1, 0.15) is 10.6 Å². The van der Waals surface area contributed by atoms with Gasteiger partial charge >= 0.3 is 0 Å². The SMILES string of the molecule is COc1ccc(Cl)cc1S(=O)(=O)N(CC(=O)NCc1ccc(S(N)(=O)=O)cc1)Cc1ccccc1. The Bertz CT molecular complexity index is 1400. The number of carbonyl (C=O) groups is 1. The van der Waals surface area contributed by atoms with E-state index in [1.807, 2.05) is 0 Å². The fraction of sp³-hybridized carbons (Fsp3) is 0.174. The molecule has 0 radical (unpaired) electrons. The lowest BCUT2D eigenvalue weighted by Gasteiger charge is -2.23. The summed E-state index contributed by atoms with van der Waals surface area (Å²) < 4.78 is 56.1. The molecular weight excluding hydrogens is 514 g/mol. The molecule has 0 spiro atoms. The van der Waals surface area contributed by atoms with E-state index in [1.54, 1.807) is 30.3 Å². The van der Waals surface area contributed by atoms with Crippen LogP contribution in [0.25, 0.3) is 0 Å². The van der Waals surface area contributed by atoms with Gasteiger partial charge in [-0.25, -0.2) is 22.0 Å². The largest absolute Gasteiger partial charge is 0.495 e. The van der Waals surface area contributed by atoms with Crippen LogP contribution in [0.2, 0.25) is 5.02 Å². The van der Waals surface area contributed by atoms with E-state index in [-0.39, 0.29) is 33.7 Å². The van der Waals surface area contributed by atoms with Crippen molar-refractivity contribution in [2.45, 2.75) is 22.9 Å². The molecule has 3 aromatic rings. The Kier molecular flexibility index (Phi) is 8.51. The zero-order valence-electron chi connectivity index (χ0n) is 18.7. The normalized spacial score (nSPS) is 11.9. The van der Waals surface area contributed by atoms with E-state index in [4.69, 9.17) is 21.5 Å². The van der Waals surface area contributed by atoms with Gasteiger partial charge in [-0.05, 0) is 41.5 Å². The fourth-order valence-electron chi connectivity index (χ4n) is 3.22. The van der Waals surface area contributed by atoms with E-state index in [0.29, 0.717) is 11.1 Å². The molecule has 9 nitrogen and oxygen atoms in total. The highest BCUT2D eigenvalue weighted by atomic mass is 35.5. The van der Waals surface area contributed by atoms with Crippen molar-refractivity contribution in [2.24, 2.45) is 5.14 Å². The Labute approximate surface area is 209 Å². The quantitative estimate of drug-likeness (QED) is 0.408. The van der Waals surface area contributed by atoms with Crippen LogP contribution in [0.3, 0.4) is 0 Å². The lowest BCUT2D eigenvalue weighted by Crippen LogP contribution is -2.40. The number of benzene rings is 3. The number of ether oxygens (including phenoxy) is 1. The molecule has 3 rings (SSSR count). The third-order valence-corrected chi connectivity index (χ3v) is 7.98. The molecule has 0 aromatic heterocycles. The van der Waals surface area contributed by atoms with Gasteiger partial charge in [0.15, 0.2) is 0 Å². The summed E-state index contributed by atoms with van der Waals surface area (Å²) in [6.45, 7) is -0.471. The van der Waals surface area contributed by atoms with E-state index in [9.17, 15) is 21.6 Å². The Morgan fingerprint density at radius 1 is 0.971 bits per heavy atom. The number of nitrogens with two attached hydrogens (primary N) is 1. The van der Waals surface area contributed by atoms with Crippen molar-refractivity contribution >= 4 is 37.6 Å². The van der Waals surface area contributed by atoms with Crippen LogP contribution in [-0.4, -0.2) is 40.7 Å². The molecule has 1 amide bonds. The predicted molar refractivity (Wildman–Crippen MR) is 132 cm³/mol. The van der Waals surface area contributed by atoms with Gasteiger partial charge in [-0.3, -0.25) is 4.79 Å². The maximum atomic E-state index is 13.5. The minimum atomic E-state index is -4.18. The summed E-state index contributed by atoms with van der Waals surface area (Å²) in [4.78, 5) is 12.5. The lowest BCUT2D eigenvalue weighted by molar-refractivity contribution is -0.121. The second kappa shape index (κ2) is 11.2. The van der Waals surface area contributed by atoms with Crippen molar-refractivity contribution in [2.75, 3.05) is 13.7 Å². The first-order valence-corrected chi connectivity index (χ1v) is 13.6. The Hall–Kier alpha value is -2.96. The summed E-state index contributed by atoms with van der Waals surface area (Å²) in [5.74, 6) is -0.455. The number of hydrogen-bond donors (Lipinski definition) is 2. The molecule has 0 aliphatic heterocycles. The summed E-state index contributed by atoms with van der Waals surface area (Å²) in [5.41, 5.74) is 1.29. The number of sulfonamides is 2. The molecule has 0 fully saturated rings. The average Bonchev–Trinajstić information content (AvgIpc) is 2.82. The molecular formula is C23H24ClN3O6S2. The highest BCUT2D eigenvalue weighted by molar-refractivity contribution is 7.89. The number of halogens is 1. The van der Waals surface area contributed by atoms with Crippen LogP contribution in [0, 0.1) is 0 Å². The molecule has 0 saturated heterocycles. The van der Waals surface area contributed by atoms with Crippen LogP contribution >= 0.6 is 11.6 Å². The Morgan fingerprint density at radius 3 is 2.23 bits per heavy atom. The second-order valence-electron chi connectivity index (χ2n) is 7.52. The molecule has 0 bridgehead atoms. The summed E-state index contributed by atoms with van der Waals surface area (Å²) >= 11 is 6.04. The zero-order valence-corrected chi connectivity index (χ0v) is 21.1. The molecule has 0 aliphatic rings. The minimum Gasteiger partial charge on any atom is -0.495 e. The van der Waals surface area contributed by atoms with Crippen molar-refractivity contribution in [3.05, 3.63) is 88.9 Å². The zero-order chi connectivity index (χ0) is 25.6. The third-order valence-electron chi connectivity index (χ3n) is 5.01. The van der Waals surface area contributed by atoms with Crippen molar-refractivity contribution in [1.29, 1.82) is 0 Å². The van der Waals surface area contributed by atoms with Crippen LogP contribution < -0.4 is 15.2 Å². The van der Waals surface area contributed by atoms with Crippen molar-refractivity contribution < 1.29 is 26.4 Å². The summed E-state index contributed by atoms with van der Waals surface area (Å²) in [5, 5.41) is 7.95. The van der Waals surface area contributed by atoms with Gasteiger partial charge in [0.25, 0.3) is 0 Å². The van der Waals surface area contributed by atoms with Gasteiger partial charge in [0.2, 0.25) is 26.0 Å². The van der Waals surface area contributed by atoms with Gasteiger partial charge in [0.05, 0.1) is 18.6 Å². The van der Waals surface area contributed by atoms with Crippen LogP contribution in [0.1, 0.15) is 11.1 Å². The molecule has 186 valence electrons. The highest BCUT2D eigenvalue weighted by Crippen LogP contribution is 2.30. The topological polar surface area (TPSA) is 136 Å². The molecule has 3 aromatic carbocycles. The summed E-state index contributed by atoms with van der Waals surface area (Å²) in [7, 11) is -6.67. The van der Waals surface area contributed by atoms with E-state index in [2.05, 4.69) is 5.32 Å². The van der Waals surface area contributed by atoms with Gasteiger partial charge < -0.3 is 10.1 Å². The number of amides is 1. The van der Waals surface area contributed by atoms with Crippen LogP contribution in [-0.2, 0) is 37.9 Å². The average molecular weight is 538 g/mol. The molecule has 12 heteroatoms. The number of carbonyl (C=O) groups excluding carboxylic acids is 1. The maximum absolute atomic E-state index is 13.5. The highest BCUT2D eigenvalue weighted by Gasteiger charge is 2.30.